The molecule has 96 valence electrons. The number of ether oxygens (including phenoxy) is 1. The van der Waals surface area contributed by atoms with Gasteiger partial charge in [-0.2, -0.15) is 0 Å². The molecular formula is C15H19NO2. The first-order valence-corrected chi connectivity index (χ1v) is 6.48. The largest absolute Gasteiger partial charge is 0.497 e. The van der Waals surface area contributed by atoms with Gasteiger partial charge in [0.1, 0.15) is 5.75 Å². The number of nitrogens with zero attached hydrogens (tertiary/aromatic N) is 1. The van der Waals surface area contributed by atoms with E-state index in [1.54, 1.807) is 7.11 Å². The number of piperidine rings is 1. The summed E-state index contributed by atoms with van der Waals surface area (Å²) in [7, 11) is 3.73. The lowest BCUT2D eigenvalue weighted by atomic mass is 9.64. The molecule has 1 unspecified atom stereocenters. The number of likely N-dealkylation sites (tertiary alicyclic amines) is 1. The summed E-state index contributed by atoms with van der Waals surface area (Å²) in [4.78, 5) is 14.8. The Balaban J connectivity index is 2.16. The molecule has 1 aromatic carbocycles. The summed E-state index contributed by atoms with van der Waals surface area (Å²) in [5.74, 6) is 1.22. The second-order valence-corrected chi connectivity index (χ2v) is 5.67. The number of ketones is 1. The number of likely N-dealkylation sites (N-methyl/N-ethyl adjacent to an activating group) is 1. The molecule has 0 amide bonds. The molecule has 0 aromatic heterocycles. The van der Waals surface area contributed by atoms with Gasteiger partial charge in [0.2, 0.25) is 0 Å². The van der Waals surface area contributed by atoms with Crippen molar-refractivity contribution >= 4 is 5.78 Å². The third kappa shape index (κ3) is 1.43. The summed E-state index contributed by atoms with van der Waals surface area (Å²) in [6, 6.07) is 6.22. The van der Waals surface area contributed by atoms with Crippen molar-refractivity contribution in [3.05, 3.63) is 29.3 Å². The molecule has 1 aliphatic heterocycles. The van der Waals surface area contributed by atoms with Gasteiger partial charge >= 0.3 is 0 Å². The molecule has 3 nitrogen and oxygen atoms in total. The number of rotatable bonds is 1. The van der Waals surface area contributed by atoms with Crippen molar-refractivity contribution in [1.82, 2.24) is 4.90 Å². The van der Waals surface area contributed by atoms with Crippen LogP contribution in [-0.2, 0) is 16.6 Å². The van der Waals surface area contributed by atoms with E-state index in [2.05, 4.69) is 31.0 Å². The second-order valence-electron chi connectivity index (χ2n) is 5.67. The summed E-state index contributed by atoms with van der Waals surface area (Å²) in [6.07, 6.45) is 1.74. The van der Waals surface area contributed by atoms with Crippen molar-refractivity contribution in [1.29, 1.82) is 0 Å². The molecular weight excluding hydrogens is 226 g/mol. The summed E-state index contributed by atoms with van der Waals surface area (Å²) < 4.78 is 5.30. The van der Waals surface area contributed by atoms with Gasteiger partial charge in [0.25, 0.3) is 0 Å². The monoisotopic (exact) mass is 245 g/mol. The molecule has 0 saturated carbocycles. The van der Waals surface area contributed by atoms with Crippen LogP contribution in [0.2, 0.25) is 0 Å². The summed E-state index contributed by atoms with van der Waals surface area (Å²) in [5.41, 5.74) is 2.16. The lowest BCUT2D eigenvalue weighted by Crippen LogP contribution is -2.58. The first-order valence-electron chi connectivity index (χ1n) is 6.48. The average molecular weight is 245 g/mol. The maximum absolute atomic E-state index is 12.6. The van der Waals surface area contributed by atoms with Crippen LogP contribution in [0, 0.1) is 0 Å². The van der Waals surface area contributed by atoms with E-state index in [1.165, 1.54) is 11.1 Å². The molecule has 18 heavy (non-hydrogen) atoms. The topological polar surface area (TPSA) is 29.5 Å². The van der Waals surface area contributed by atoms with E-state index >= 15 is 0 Å². The SMILES string of the molecule is COc1ccc2c(c1)[C@]1(C)CCN(C)C(C2)C1=O. The van der Waals surface area contributed by atoms with Crippen LogP contribution in [0.25, 0.3) is 0 Å². The van der Waals surface area contributed by atoms with E-state index in [0.29, 0.717) is 5.78 Å². The van der Waals surface area contributed by atoms with Crippen LogP contribution in [-0.4, -0.2) is 37.4 Å². The van der Waals surface area contributed by atoms with E-state index in [4.69, 9.17) is 4.74 Å². The van der Waals surface area contributed by atoms with Crippen LogP contribution >= 0.6 is 0 Å². The highest BCUT2D eigenvalue weighted by molar-refractivity contribution is 5.97. The Kier molecular flexibility index (Phi) is 2.49. The Morgan fingerprint density at radius 2 is 2.22 bits per heavy atom. The molecule has 2 aliphatic rings. The smallest absolute Gasteiger partial charge is 0.160 e. The van der Waals surface area contributed by atoms with Gasteiger partial charge in [-0.1, -0.05) is 6.07 Å². The van der Waals surface area contributed by atoms with Gasteiger partial charge in [-0.15, -0.1) is 0 Å². The normalized spacial score (nSPS) is 31.1. The molecule has 1 aromatic rings. The van der Waals surface area contributed by atoms with Crippen molar-refractivity contribution in [3.63, 3.8) is 0 Å². The Hall–Kier alpha value is -1.35. The van der Waals surface area contributed by atoms with Crippen LogP contribution in [0.15, 0.2) is 18.2 Å². The van der Waals surface area contributed by atoms with Crippen molar-refractivity contribution < 1.29 is 9.53 Å². The number of fused-ring (bicyclic) bond motifs is 4. The number of methoxy groups -OCH3 is 1. The molecule has 2 atom stereocenters. The van der Waals surface area contributed by atoms with Gasteiger partial charge in [-0.3, -0.25) is 9.69 Å². The maximum Gasteiger partial charge on any atom is 0.160 e. The van der Waals surface area contributed by atoms with Crippen LogP contribution < -0.4 is 4.74 Å². The molecule has 0 radical (unpaired) electrons. The van der Waals surface area contributed by atoms with Gasteiger partial charge in [0.15, 0.2) is 5.78 Å². The van der Waals surface area contributed by atoms with Gasteiger partial charge < -0.3 is 4.74 Å². The van der Waals surface area contributed by atoms with E-state index in [1.807, 2.05) is 6.07 Å². The fourth-order valence-electron chi connectivity index (χ4n) is 3.35. The minimum atomic E-state index is -0.320. The lowest BCUT2D eigenvalue weighted by Gasteiger charge is -2.47. The zero-order chi connectivity index (χ0) is 12.9. The van der Waals surface area contributed by atoms with Gasteiger partial charge in [-0.05, 0) is 56.6 Å². The number of carbonyl (C=O) groups excluding carboxylic acids is 1. The molecule has 3 rings (SSSR count). The highest BCUT2D eigenvalue weighted by Gasteiger charge is 2.49. The standard InChI is InChI=1S/C15H19NO2/c1-15-6-7-16(2)13(14(15)17)8-10-4-5-11(18-3)9-12(10)15/h4-5,9,13H,6-8H2,1-3H3/t13?,15-/m0/s1. The molecule has 0 spiro atoms. The van der Waals surface area contributed by atoms with Gasteiger partial charge in [0.05, 0.1) is 18.6 Å². The first kappa shape index (κ1) is 11.7. The van der Waals surface area contributed by atoms with Crippen LogP contribution in [0.4, 0.5) is 0 Å². The number of hydrogen-bond donors (Lipinski definition) is 0. The van der Waals surface area contributed by atoms with E-state index in [-0.39, 0.29) is 11.5 Å². The fraction of sp³-hybridized carbons (Fsp3) is 0.533. The number of benzene rings is 1. The van der Waals surface area contributed by atoms with E-state index < -0.39 is 0 Å². The maximum atomic E-state index is 12.6. The number of hydrogen-bond acceptors (Lipinski definition) is 3. The average Bonchev–Trinajstić information content (AvgIpc) is 2.38. The molecule has 1 saturated heterocycles. The van der Waals surface area contributed by atoms with Crippen LogP contribution in [0.3, 0.4) is 0 Å². The Bertz CT molecular complexity index is 511. The molecule has 0 N–H and O–H groups in total. The zero-order valence-electron chi connectivity index (χ0n) is 11.2. The van der Waals surface area contributed by atoms with E-state index in [0.717, 1.165) is 25.1 Å². The minimum absolute atomic E-state index is 0.0599. The molecule has 1 heterocycles. The van der Waals surface area contributed by atoms with Gasteiger partial charge in [0, 0.05) is 0 Å². The fourth-order valence-corrected chi connectivity index (χ4v) is 3.35. The van der Waals surface area contributed by atoms with Crippen LogP contribution in [0.1, 0.15) is 24.5 Å². The van der Waals surface area contributed by atoms with Gasteiger partial charge in [-0.25, -0.2) is 0 Å². The van der Waals surface area contributed by atoms with E-state index in [9.17, 15) is 4.79 Å². The van der Waals surface area contributed by atoms with Crippen LogP contribution in [0.5, 0.6) is 5.75 Å². The van der Waals surface area contributed by atoms with Crippen molar-refractivity contribution in [2.24, 2.45) is 0 Å². The Morgan fingerprint density at radius 3 is 2.94 bits per heavy atom. The zero-order valence-corrected chi connectivity index (χ0v) is 11.2. The van der Waals surface area contributed by atoms with Crippen molar-refractivity contribution in [3.8, 4) is 5.75 Å². The predicted molar refractivity (Wildman–Crippen MR) is 70.1 cm³/mol. The minimum Gasteiger partial charge on any atom is -0.497 e. The van der Waals surface area contributed by atoms with Crippen molar-refractivity contribution in [2.45, 2.75) is 31.2 Å². The number of carbonyl (C=O) groups is 1. The summed E-state index contributed by atoms with van der Waals surface area (Å²) in [6.45, 7) is 3.08. The molecule has 3 heteroatoms. The quantitative estimate of drug-likeness (QED) is 0.755. The highest BCUT2D eigenvalue weighted by Crippen LogP contribution is 2.42. The second kappa shape index (κ2) is 3.82. The molecule has 2 bridgehead atoms. The molecule has 1 fully saturated rings. The first-order chi connectivity index (χ1) is 8.56. The lowest BCUT2D eigenvalue weighted by molar-refractivity contribution is -0.133. The summed E-state index contributed by atoms with van der Waals surface area (Å²) >= 11 is 0. The number of Topliss-reactive ketones (excluding diaryl/α,β-unsaturated/α-hetero) is 1. The third-order valence-electron chi connectivity index (χ3n) is 4.67. The highest BCUT2D eigenvalue weighted by atomic mass is 16.5. The third-order valence-corrected chi connectivity index (χ3v) is 4.67. The summed E-state index contributed by atoms with van der Waals surface area (Å²) in [5, 5.41) is 0. The van der Waals surface area contributed by atoms with Crippen molar-refractivity contribution in [2.75, 3.05) is 20.7 Å². The Labute approximate surface area is 108 Å². The Morgan fingerprint density at radius 1 is 1.44 bits per heavy atom. The molecule has 1 aliphatic carbocycles. The predicted octanol–water partition coefficient (Wildman–Crippen LogP) is 1.78.